The Morgan fingerprint density at radius 2 is 1.95 bits per heavy atom. The second kappa shape index (κ2) is 7.91. The summed E-state index contributed by atoms with van der Waals surface area (Å²) < 4.78 is 25.4. The number of sulfonamides is 1. The Hall–Kier alpha value is -1.71. The normalized spacial score (nSPS) is 11.3. The van der Waals surface area contributed by atoms with Gasteiger partial charge in [-0.15, -0.1) is 0 Å². The summed E-state index contributed by atoms with van der Waals surface area (Å²) in [6.07, 6.45) is 1.01. The first-order chi connectivity index (χ1) is 9.92. The number of nitro benzene ring substituents is 1. The van der Waals surface area contributed by atoms with Crippen molar-refractivity contribution in [1.82, 2.24) is 10.0 Å². The molecule has 1 rings (SSSR count). The molecule has 8 nitrogen and oxygen atoms in total. The van der Waals surface area contributed by atoms with E-state index in [9.17, 15) is 18.5 Å². The van der Waals surface area contributed by atoms with Crippen LogP contribution in [-0.4, -0.2) is 40.0 Å². The SMILES string of the molecule is CCCNCCNc1ccc(S(=O)(=O)NC)cc1[N+](=O)[O-]. The molecular weight excluding hydrogens is 296 g/mol. The highest BCUT2D eigenvalue weighted by Gasteiger charge is 2.20. The number of hydrogen-bond donors (Lipinski definition) is 3. The molecule has 0 aromatic heterocycles. The van der Waals surface area contributed by atoms with Gasteiger partial charge in [-0.05, 0) is 32.1 Å². The van der Waals surface area contributed by atoms with Crippen molar-refractivity contribution in [2.45, 2.75) is 18.2 Å². The van der Waals surface area contributed by atoms with Crippen LogP contribution in [-0.2, 0) is 10.0 Å². The fraction of sp³-hybridized carbons (Fsp3) is 0.500. The zero-order valence-electron chi connectivity index (χ0n) is 12.0. The Balaban J connectivity index is 2.88. The van der Waals surface area contributed by atoms with Crippen molar-refractivity contribution in [1.29, 1.82) is 0 Å². The molecule has 0 unspecified atom stereocenters. The molecule has 0 saturated heterocycles. The van der Waals surface area contributed by atoms with Gasteiger partial charge in [0.15, 0.2) is 0 Å². The molecule has 0 saturated carbocycles. The van der Waals surface area contributed by atoms with Gasteiger partial charge >= 0.3 is 0 Å². The van der Waals surface area contributed by atoms with E-state index in [0.29, 0.717) is 18.8 Å². The molecule has 0 aliphatic carbocycles. The number of nitro groups is 1. The van der Waals surface area contributed by atoms with Crippen molar-refractivity contribution >= 4 is 21.4 Å². The molecule has 21 heavy (non-hydrogen) atoms. The molecule has 0 heterocycles. The second-order valence-electron chi connectivity index (χ2n) is 4.32. The highest BCUT2D eigenvalue weighted by molar-refractivity contribution is 7.89. The summed E-state index contributed by atoms with van der Waals surface area (Å²) in [5.41, 5.74) is 0.0372. The molecule has 0 spiro atoms. The summed E-state index contributed by atoms with van der Waals surface area (Å²) >= 11 is 0. The summed E-state index contributed by atoms with van der Waals surface area (Å²) in [4.78, 5) is 10.3. The van der Waals surface area contributed by atoms with Gasteiger partial charge in [0.25, 0.3) is 5.69 Å². The van der Waals surface area contributed by atoms with E-state index in [-0.39, 0.29) is 10.6 Å². The zero-order valence-corrected chi connectivity index (χ0v) is 12.9. The van der Waals surface area contributed by atoms with Crippen LogP contribution in [0.3, 0.4) is 0 Å². The summed E-state index contributed by atoms with van der Waals surface area (Å²) in [5.74, 6) is 0. The Morgan fingerprint density at radius 1 is 1.24 bits per heavy atom. The number of rotatable bonds is 9. The molecule has 0 aliphatic rings. The Kier molecular flexibility index (Phi) is 6.53. The first kappa shape index (κ1) is 17.3. The van der Waals surface area contributed by atoms with E-state index in [2.05, 4.69) is 15.4 Å². The molecule has 0 amide bonds. The van der Waals surface area contributed by atoms with Crippen LogP contribution in [0.25, 0.3) is 0 Å². The van der Waals surface area contributed by atoms with Gasteiger partial charge in [-0.25, -0.2) is 13.1 Å². The number of nitrogens with one attached hydrogen (secondary N) is 3. The molecule has 0 aliphatic heterocycles. The third-order valence-corrected chi connectivity index (χ3v) is 4.20. The van der Waals surface area contributed by atoms with Crippen molar-refractivity contribution in [2.24, 2.45) is 0 Å². The highest BCUT2D eigenvalue weighted by Crippen LogP contribution is 2.27. The fourth-order valence-electron chi connectivity index (χ4n) is 1.68. The van der Waals surface area contributed by atoms with E-state index in [4.69, 9.17) is 0 Å². The lowest BCUT2D eigenvalue weighted by molar-refractivity contribution is -0.384. The lowest BCUT2D eigenvalue weighted by Gasteiger charge is -2.09. The van der Waals surface area contributed by atoms with Crippen molar-refractivity contribution in [3.05, 3.63) is 28.3 Å². The summed E-state index contributed by atoms with van der Waals surface area (Å²) in [5, 5.41) is 17.2. The monoisotopic (exact) mass is 316 g/mol. The van der Waals surface area contributed by atoms with Crippen LogP contribution in [0.4, 0.5) is 11.4 Å². The Morgan fingerprint density at radius 3 is 2.52 bits per heavy atom. The molecule has 9 heteroatoms. The number of hydrogen-bond acceptors (Lipinski definition) is 6. The maximum absolute atomic E-state index is 11.7. The van der Waals surface area contributed by atoms with Crippen LogP contribution in [0.15, 0.2) is 23.1 Å². The molecule has 0 bridgehead atoms. The van der Waals surface area contributed by atoms with E-state index >= 15 is 0 Å². The Labute approximate surface area is 124 Å². The predicted molar refractivity (Wildman–Crippen MR) is 81.0 cm³/mol. The van der Waals surface area contributed by atoms with Gasteiger partial charge in [0.2, 0.25) is 10.0 Å². The summed E-state index contributed by atoms with van der Waals surface area (Å²) in [6.45, 7) is 4.11. The zero-order chi connectivity index (χ0) is 15.9. The van der Waals surface area contributed by atoms with Crippen LogP contribution in [0, 0.1) is 10.1 Å². The molecule has 0 fully saturated rings. The fourth-order valence-corrected chi connectivity index (χ4v) is 2.43. The van der Waals surface area contributed by atoms with Gasteiger partial charge in [-0.1, -0.05) is 6.92 Å². The second-order valence-corrected chi connectivity index (χ2v) is 6.21. The molecule has 0 atom stereocenters. The predicted octanol–water partition coefficient (Wildman–Crippen LogP) is 0.914. The van der Waals surface area contributed by atoms with Gasteiger partial charge in [-0.3, -0.25) is 10.1 Å². The minimum Gasteiger partial charge on any atom is -0.378 e. The molecule has 1 aromatic carbocycles. The topological polar surface area (TPSA) is 113 Å². The molecule has 3 N–H and O–H groups in total. The average molecular weight is 316 g/mol. The van der Waals surface area contributed by atoms with Crippen molar-refractivity contribution < 1.29 is 13.3 Å². The smallest absolute Gasteiger partial charge is 0.293 e. The van der Waals surface area contributed by atoms with Gasteiger partial charge in [0.05, 0.1) is 9.82 Å². The van der Waals surface area contributed by atoms with Crippen LogP contribution in [0.5, 0.6) is 0 Å². The molecule has 118 valence electrons. The Bertz CT molecular complexity index is 589. The van der Waals surface area contributed by atoms with E-state index in [1.54, 1.807) is 0 Å². The maximum Gasteiger partial charge on any atom is 0.293 e. The van der Waals surface area contributed by atoms with Crippen LogP contribution >= 0.6 is 0 Å². The third kappa shape index (κ3) is 4.96. The van der Waals surface area contributed by atoms with Gasteiger partial charge < -0.3 is 10.6 Å². The van der Waals surface area contributed by atoms with Crippen molar-refractivity contribution in [3.63, 3.8) is 0 Å². The summed E-state index contributed by atoms with van der Waals surface area (Å²) in [6, 6.07) is 3.79. The van der Waals surface area contributed by atoms with Gasteiger partial charge in [0.1, 0.15) is 5.69 Å². The summed E-state index contributed by atoms with van der Waals surface area (Å²) in [7, 11) is -2.44. The number of nitrogens with zero attached hydrogens (tertiary/aromatic N) is 1. The van der Waals surface area contributed by atoms with Gasteiger partial charge in [-0.2, -0.15) is 0 Å². The van der Waals surface area contributed by atoms with E-state index < -0.39 is 14.9 Å². The van der Waals surface area contributed by atoms with E-state index in [0.717, 1.165) is 19.0 Å². The molecule has 1 aromatic rings. The lowest BCUT2D eigenvalue weighted by atomic mass is 10.2. The lowest BCUT2D eigenvalue weighted by Crippen LogP contribution is -2.23. The highest BCUT2D eigenvalue weighted by atomic mass is 32.2. The molecular formula is C12H20N4O4S. The van der Waals surface area contributed by atoms with Crippen molar-refractivity contribution in [2.75, 3.05) is 32.0 Å². The van der Waals surface area contributed by atoms with E-state index in [1.807, 2.05) is 6.92 Å². The minimum absolute atomic E-state index is 0.133. The quantitative estimate of drug-likeness (QED) is 0.354. The number of benzene rings is 1. The largest absolute Gasteiger partial charge is 0.378 e. The first-order valence-corrected chi connectivity index (χ1v) is 8.07. The van der Waals surface area contributed by atoms with E-state index in [1.165, 1.54) is 19.2 Å². The van der Waals surface area contributed by atoms with Crippen molar-refractivity contribution in [3.8, 4) is 0 Å². The minimum atomic E-state index is -3.70. The van der Waals surface area contributed by atoms with Gasteiger partial charge in [0, 0.05) is 19.2 Å². The average Bonchev–Trinajstić information content (AvgIpc) is 2.46. The van der Waals surface area contributed by atoms with Crippen LogP contribution in [0.2, 0.25) is 0 Å². The van der Waals surface area contributed by atoms with Crippen LogP contribution < -0.4 is 15.4 Å². The first-order valence-electron chi connectivity index (χ1n) is 6.59. The number of anilines is 1. The maximum atomic E-state index is 11.7. The third-order valence-electron chi connectivity index (χ3n) is 2.79. The standard InChI is InChI=1S/C12H20N4O4S/c1-3-6-14-7-8-15-11-5-4-10(21(19,20)13-2)9-12(11)16(17)18/h4-5,9,13-15H,3,6-8H2,1-2H3. The van der Waals surface area contributed by atoms with Crippen LogP contribution in [0.1, 0.15) is 13.3 Å². The molecule has 0 radical (unpaired) electrons.